The van der Waals surface area contributed by atoms with E-state index < -0.39 is 36.7 Å². The summed E-state index contributed by atoms with van der Waals surface area (Å²) in [7, 11) is 0. The molecule has 16 heavy (non-hydrogen) atoms. The van der Waals surface area contributed by atoms with Gasteiger partial charge in [-0.1, -0.05) is 0 Å². The molecule has 0 aromatic carbocycles. The number of hydrogen-bond donors (Lipinski definition) is 4. The molecule has 0 unspecified atom stereocenters. The number of aliphatic hydroxyl groups excluding tert-OH is 3. The normalized spacial score (nSPS) is 46.8. The van der Waals surface area contributed by atoms with E-state index in [0.29, 0.717) is 0 Å². The van der Waals surface area contributed by atoms with E-state index in [1.807, 2.05) is 0 Å². The number of aliphatic hydroxyl groups is 3. The highest BCUT2D eigenvalue weighted by molar-refractivity contribution is 5.73. The van der Waals surface area contributed by atoms with Gasteiger partial charge in [-0.25, -0.2) is 0 Å². The van der Waals surface area contributed by atoms with E-state index in [2.05, 4.69) is 5.32 Å². The Balaban J connectivity index is 2.19. The van der Waals surface area contributed by atoms with Crippen LogP contribution in [0.15, 0.2) is 0 Å². The lowest BCUT2D eigenvalue weighted by Crippen LogP contribution is -2.66. The summed E-state index contributed by atoms with van der Waals surface area (Å²) in [6, 6.07) is -0.824. The maximum Gasteiger partial charge on any atom is 0.217 e. The molecule has 4 N–H and O–H groups in total. The zero-order chi connectivity index (χ0) is 11.9. The van der Waals surface area contributed by atoms with E-state index in [9.17, 15) is 15.0 Å². The SMILES string of the molecule is CC(=O)N[C@H]1[C@H]2OC[C@](CO)(O2)[C@H](O)[C@@H]1O. The zero-order valence-electron chi connectivity index (χ0n) is 8.79. The molecular formula is C9H15NO6. The minimum Gasteiger partial charge on any atom is -0.393 e. The van der Waals surface area contributed by atoms with E-state index in [1.54, 1.807) is 0 Å². The molecule has 1 amide bonds. The molecular weight excluding hydrogens is 218 g/mol. The molecule has 2 aliphatic heterocycles. The molecule has 5 atom stereocenters. The molecule has 92 valence electrons. The molecule has 2 heterocycles. The van der Waals surface area contributed by atoms with Gasteiger partial charge < -0.3 is 30.1 Å². The molecule has 2 aliphatic rings. The van der Waals surface area contributed by atoms with Crippen molar-refractivity contribution >= 4 is 5.91 Å². The highest BCUT2D eigenvalue weighted by atomic mass is 16.7. The first-order valence-corrected chi connectivity index (χ1v) is 5.04. The number of rotatable bonds is 2. The van der Waals surface area contributed by atoms with Gasteiger partial charge in [0.15, 0.2) is 6.29 Å². The molecule has 0 aromatic rings. The lowest BCUT2D eigenvalue weighted by atomic mass is 9.88. The Morgan fingerprint density at radius 3 is 2.81 bits per heavy atom. The minimum atomic E-state index is -1.30. The number of hydrogen-bond acceptors (Lipinski definition) is 6. The van der Waals surface area contributed by atoms with Crippen molar-refractivity contribution in [3.63, 3.8) is 0 Å². The van der Waals surface area contributed by atoms with Gasteiger partial charge in [-0.15, -0.1) is 0 Å². The molecule has 0 aromatic heterocycles. The van der Waals surface area contributed by atoms with Gasteiger partial charge >= 0.3 is 0 Å². The van der Waals surface area contributed by atoms with Crippen LogP contribution in [0.5, 0.6) is 0 Å². The summed E-state index contributed by atoms with van der Waals surface area (Å²) in [4.78, 5) is 10.9. The van der Waals surface area contributed by atoms with Crippen LogP contribution in [0.2, 0.25) is 0 Å². The summed E-state index contributed by atoms with van der Waals surface area (Å²) in [6.07, 6.45) is -3.36. The fraction of sp³-hybridized carbons (Fsp3) is 0.889. The predicted molar refractivity (Wildman–Crippen MR) is 50.3 cm³/mol. The van der Waals surface area contributed by atoms with Crippen LogP contribution in [0.1, 0.15) is 6.92 Å². The molecule has 0 radical (unpaired) electrons. The van der Waals surface area contributed by atoms with Crippen molar-refractivity contribution in [1.82, 2.24) is 5.32 Å². The summed E-state index contributed by atoms with van der Waals surface area (Å²) in [5.74, 6) is -0.355. The number of amides is 1. The summed E-state index contributed by atoms with van der Waals surface area (Å²) in [6.45, 7) is 0.832. The van der Waals surface area contributed by atoms with E-state index in [0.717, 1.165) is 0 Å². The summed E-state index contributed by atoms with van der Waals surface area (Å²) < 4.78 is 10.5. The van der Waals surface area contributed by atoms with Crippen LogP contribution in [-0.2, 0) is 14.3 Å². The smallest absolute Gasteiger partial charge is 0.217 e. The van der Waals surface area contributed by atoms with Gasteiger partial charge in [-0.3, -0.25) is 4.79 Å². The molecule has 0 aliphatic carbocycles. The first-order chi connectivity index (χ1) is 7.50. The van der Waals surface area contributed by atoms with Crippen LogP contribution in [0.4, 0.5) is 0 Å². The van der Waals surface area contributed by atoms with Crippen molar-refractivity contribution in [2.75, 3.05) is 13.2 Å². The average molecular weight is 233 g/mol. The Labute approximate surface area is 92.0 Å². The Bertz CT molecular complexity index is 298. The zero-order valence-corrected chi connectivity index (χ0v) is 8.79. The van der Waals surface area contributed by atoms with Gasteiger partial charge in [-0.2, -0.15) is 0 Å². The largest absolute Gasteiger partial charge is 0.393 e. The van der Waals surface area contributed by atoms with E-state index in [-0.39, 0.29) is 12.5 Å². The number of fused-ring (bicyclic) bond motifs is 2. The second-order valence-electron chi connectivity index (χ2n) is 4.18. The van der Waals surface area contributed by atoms with Gasteiger partial charge in [0, 0.05) is 6.92 Å². The Morgan fingerprint density at radius 1 is 1.56 bits per heavy atom. The van der Waals surface area contributed by atoms with Crippen molar-refractivity contribution in [3.8, 4) is 0 Å². The fourth-order valence-electron chi connectivity index (χ4n) is 2.09. The Morgan fingerprint density at radius 2 is 2.25 bits per heavy atom. The summed E-state index contributed by atoms with van der Waals surface area (Å²) >= 11 is 0. The van der Waals surface area contributed by atoms with Crippen molar-refractivity contribution in [2.24, 2.45) is 0 Å². The Hall–Kier alpha value is -0.730. The number of nitrogens with one attached hydrogen (secondary N) is 1. The monoisotopic (exact) mass is 233 g/mol. The summed E-state index contributed by atoms with van der Waals surface area (Å²) in [5.41, 5.74) is -1.28. The van der Waals surface area contributed by atoms with Crippen molar-refractivity contribution in [2.45, 2.75) is 37.1 Å². The van der Waals surface area contributed by atoms with Crippen LogP contribution in [0.3, 0.4) is 0 Å². The molecule has 2 fully saturated rings. The van der Waals surface area contributed by atoms with Crippen LogP contribution >= 0.6 is 0 Å². The summed E-state index contributed by atoms with van der Waals surface area (Å²) in [5, 5.41) is 31.3. The standard InChI is InChI=1S/C9H15NO6/c1-4(12)10-5-6(13)7(14)9(2-11)3-15-8(5)16-9/h5-8,11,13-14H,2-3H2,1H3,(H,10,12)/t5-,6-,7-,8+,9+/m1/s1. The quantitative estimate of drug-likeness (QED) is 0.414. The van der Waals surface area contributed by atoms with Crippen LogP contribution in [-0.4, -0.2) is 64.6 Å². The lowest BCUT2D eigenvalue weighted by Gasteiger charge is -2.41. The second kappa shape index (κ2) is 3.94. The molecule has 7 heteroatoms. The van der Waals surface area contributed by atoms with Gasteiger partial charge in [0.05, 0.1) is 13.2 Å². The van der Waals surface area contributed by atoms with Crippen LogP contribution in [0, 0.1) is 0 Å². The average Bonchev–Trinajstić information content (AvgIpc) is 2.65. The molecule has 2 saturated heterocycles. The number of carbonyl (C=O) groups is 1. The van der Waals surface area contributed by atoms with Crippen LogP contribution < -0.4 is 5.32 Å². The maximum absolute atomic E-state index is 10.9. The second-order valence-corrected chi connectivity index (χ2v) is 4.18. The van der Waals surface area contributed by atoms with Gasteiger partial charge in [0.2, 0.25) is 5.91 Å². The number of carbonyl (C=O) groups excluding carboxylic acids is 1. The Kier molecular flexibility index (Phi) is 2.89. The highest BCUT2D eigenvalue weighted by Crippen LogP contribution is 2.36. The first-order valence-electron chi connectivity index (χ1n) is 5.04. The number of ether oxygens (including phenoxy) is 2. The third kappa shape index (κ3) is 1.61. The van der Waals surface area contributed by atoms with Gasteiger partial charge in [-0.05, 0) is 0 Å². The molecule has 7 nitrogen and oxygen atoms in total. The molecule has 0 spiro atoms. The third-order valence-corrected chi connectivity index (χ3v) is 3.00. The molecule has 2 bridgehead atoms. The first kappa shape index (κ1) is 11.7. The molecule has 0 saturated carbocycles. The van der Waals surface area contributed by atoms with Crippen molar-refractivity contribution in [1.29, 1.82) is 0 Å². The van der Waals surface area contributed by atoms with E-state index in [1.165, 1.54) is 6.92 Å². The molecule has 2 rings (SSSR count). The van der Waals surface area contributed by atoms with E-state index >= 15 is 0 Å². The van der Waals surface area contributed by atoms with Crippen molar-refractivity contribution in [3.05, 3.63) is 0 Å². The van der Waals surface area contributed by atoms with Crippen LogP contribution in [0.25, 0.3) is 0 Å². The lowest BCUT2D eigenvalue weighted by molar-refractivity contribution is -0.233. The topological polar surface area (TPSA) is 108 Å². The van der Waals surface area contributed by atoms with Gasteiger partial charge in [0.25, 0.3) is 0 Å². The van der Waals surface area contributed by atoms with Gasteiger partial charge in [0.1, 0.15) is 23.9 Å². The van der Waals surface area contributed by atoms with Crippen molar-refractivity contribution < 1.29 is 29.6 Å². The third-order valence-electron chi connectivity index (χ3n) is 3.00. The fourth-order valence-corrected chi connectivity index (χ4v) is 2.09. The highest BCUT2D eigenvalue weighted by Gasteiger charge is 2.59. The van der Waals surface area contributed by atoms with E-state index in [4.69, 9.17) is 14.6 Å². The predicted octanol–water partition coefficient (Wildman–Crippen LogP) is -2.67. The maximum atomic E-state index is 10.9. The minimum absolute atomic E-state index is 0.0114.